The summed E-state index contributed by atoms with van der Waals surface area (Å²) in [6.07, 6.45) is 0.750. The van der Waals surface area contributed by atoms with Crippen molar-refractivity contribution in [3.63, 3.8) is 0 Å². The lowest BCUT2D eigenvalue weighted by molar-refractivity contribution is 0.101. The summed E-state index contributed by atoms with van der Waals surface area (Å²) in [6, 6.07) is 8.73. The van der Waals surface area contributed by atoms with E-state index < -0.39 is 0 Å². The predicted octanol–water partition coefficient (Wildman–Crippen LogP) is 2.26. The van der Waals surface area contributed by atoms with Crippen LogP contribution in [0.1, 0.15) is 28.8 Å². The van der Waals surface area contributed by atoms with E-state index in [2.05, 4.69) is 0 Å². The quantitative estimate of drug-likeness (QED) is 0.693. The van der Waals surface area contributed by atoms with Gasteiger partial charge in [-0.25, -0.2) is 4.79 Å². The third-order valence-corrected chi connectivity index (χ3v) is 3.77. The normalized spacial score (nSPS) is 11.2. The molecule has 0 spiro atoms. The molecule has 0 saturated heterocycles. The van der Waals surface area contributed by atoms with Gasteiger partial charge in [-0.05, 0) is 30.3 Å². The molecule has 5 nitrogen and oxygen atoms in total. The second kappa shape index (κ2) is 4.77. The highest BCUT2D eigenvalue weighted by molar-refractivity contribution is 6.08. The molecule has 5 heteroatoms. The molecule has 0 amide bonds. The van der Waals surface area contributed by atoms with Crippen LogP contribution in [-0.4, -0.2) is 14.9 Å². The fourth-order valence-electron chi connectivity index (χ4n) is 2.48. The van der Waals surface area contributed by atoms with Crippen LogP contribution in [0, 0.1) is 0 Å². The van der Waals surface area contributed by atoms with Gasteiger partial charge in [-0.15, -0.1) is 0 Å². The van der Waals surface area contributed by atoms with Gasteiger partial charge < -0.3 is 4.42 Å². The lowest BCUT2D eigenvalue weighted by Crippen LogP contribution is -2.19. The molecule has 0 atom stereocenters. The minimum Gasteiger partial charge on any atom is -0.458 e. The Balaban J connectivity index is 2.10. The first-order valence-electron chi connectivity index (χ1n) is 6.81. The molecule has 0 fully saturated rings. The standard InChI is InChI=1S/C16H16N2O3/c1-4-11-6-8-14(21-11)15(19)10-5-7-12-13(9-10)18(3)16(20)17(12)2/h5-9H,4H2,1-3H3. The number of carbonyl (C=O) groups is 1. The molecule has 2 aromatic heterocycles. The molecule has 3 rings (SSSR count). The summed E-state index contributed by atoms with van der Waals surface area (Å²) in [5.74, 6) is 0.937. The zero-order valence-electron chi connectivity index (χ0n) is 12.2. The molecule has 21 heavy (non-hydrogen) atoms. The van der Waals surface area contributed by atoms with Crippen molar-refractivity contribution >= 4 is 16.8 Å². The number of fused-ring (bicyclic) bond motifs is 1. The highest BCUT2D eigenvalue weighted by Crippen LogP contribution is 2.18. The Morgan fingerprint density at radius 2 is 1.81 bits per heavy atom. The minimum absolute atomic E-state index is 0.110. The van der Waals surface area contributed by atoms with Crippen LogP contribution >= 0.6 is 0 Å². The number of carbonyl (C=O) groups excluding carboxylic acids is 1. The van der Waals surface area contributed by atoms with Gasteiger partial charge in [0, 0.05) is 26.1 Å². The van der Waals surface area contributed by atoms with Gasteiger partial charge in [0.2, 0.25) is 5.78 Å². The van der Waals surface area contributed by atoms with Gasteiger partial charge in [-0.3, -0.25) is 13.9 Å². The zero-order chi connectivity index (χ0) is 15.1. The smallest absolute Gasteiger partial charge is 0.328 e. The molecule has 0 aliphatic carbocycles. The van der Waals surface area contributed by atoms with E-state index in [-0.39, 0.29) is 11.5 Å². The van der Waals surface area contributed by atoms with E-state index in [1.54, 1.807) is 42.9 Å². The predicted molar refractivity (Wildman–Crippen MR) is 79.7 cm³/mol. The van der Waals surface area contributed by atoms with Crippen LogP contribution in [0.3, 0.4) is 0 Å². The van der Waals surface area contributed by atoms with Gasteiger partial charge in [0.25, 0.3) is 0 Å². The molecule has 0 radical (unpaired) electrons. The molecule has 0 N–H and O–H groups in total. The maximum atomic E-state index is 12.4. The van der Waals surface area contributed by atoms with E-state index in [0.717, 1.165) is 23.2 Å². The first kappa shape index (κ1) is 13.4. The van der Waals surface area contributed by atoms with Gasteiger partial charge in [0.15, 0.2) is 5.76 Å². The summed E-state index contributed by atoms with van der Waals surface area (Å²) in [4.78, 5) is 24.3. The summed E-state index contributed by atoms with van der Waals surface area (Å²) in [5, 5.41) is 0. The van der Waals surface area contributed by atoms with E-state index in [4.69, 9.17) is 4.42 Å². The molecule has 2 heterocycles. The second-order valence-corrected chi connectivity index (χ2v) is 5.05. The lowest BCUT2D eigenvalue weighted by atomic mass is 10.1. The molecule has 0 aliphatic heterocycles. The minimum atomic E-state index is -0.173. The number of aryl methyl sites for hydroxylation is 3. The van der Waals surface area contributed by atoms with Crippen LogP contribution in [0.5, 0.6) is 0 Å². The third kappa shape index (κ3) is 2.01. The van der Waals surface area contributed by atoms with Crippen molar-refractivity contribution in [3.8, 4) is 0 Å². The molecule has 1 aromatic carbocycles. The number of nitrogens with zero attached hydrogens (tertiary/aromatic N) is 2. The van der Waals surface area contributed by atoms with Crippen LogP contribution < -0.4 is 5.69 Å². The highest BCUT2D eigenvalue weighted by atomic mass is 16.3. The summed E-state index contributed by atoms with van der Waals surface area (Å²) >= 11 is 0. The number of furan rings is 1. The van der Waals surface area contributed by atoms with Crippen molar-refractivity contribution in [2.24, 2.45) is 14.1 Å². The average molecular weight is 284 g/mol. The fourth-order valence-corrected chi connectivity index (χ4v) is 2.48. The SMILES string of the molecule is CCc1ccc(C(=O)c2ccc3c(c2)n(C)c(=O)n3C)o1. The van der Waals surface area contributed by atoms with Crippen LogP contribution in [-0.2, 0) is 20.5 Å². The van der Waals surface area contributed by atoms with E-state index in [0.29, 0.717) is 11.3 Å². The molecule has 0 saturated carbocycles. The molecule has 108 valence electrons. The molecular formula is C16H16N2O3. The maximum Gasteiger partial charge on any atom is 0.328 e. The van der Waals surface area contributed by atoms with Gasteiger partial charge in [-0.2, -0.15) is 0 Å². The fraction of sp³-hybridized carbons (Fsp3) is 0.250. The average Bonchev–Trinajstić information content (AvgIpc) is 3.07. The summed E-state index contributed by atoms with van der Waals surface area (Å²) < 4.78 is 8.59. The van der Waals surface area contributed by atoms with Gasteiger partial charge in [-0.1, -0.05) is 6.92 Å². The highest BCUT2D eigenvalue weighted by Gasteiger charge is 2.16. The summed E-state index contributed by atoms with van der Waals surface area (Å²) in [5.41, 5.74) is 1.94. The lowest BCUT2D eigenvalue weighted by Gasteiger charge is -2.00. The topological polar surface area (TPSA) is 57.1 Å². The number of imidazole rings is 1. The number of ketones is 1. The van der Waals surface area contributed by atoms with Crippen LogP contribution in [0.4, 0.5) is 0 Å². The Morgan fingerprint density at radius 1 is 1.10 bits per heavy atom. The van der Waals surface area contributed by atoms with Crippen molar-refractivity contribution in [1.82, 2.24) is 9.13 Å². The Labute approximate surface area is 121 Å². The van der Waals surface area contributed by atoms with Crippen LogP contribution in [0.15, 0.2) is 39.5 Å². The molecule has 3 aromatic rings. The van der Waals surface area contributed by atoms with E-state index >= 15 is 0 Å². The van der Waals surface area contributed by atoms with Crippen LogP contribution in [0.25, 0.3) is 11.0 Å². The number of hydrogen-bond donors (Lipinski definition) is 0. The Morgan fingerprint density at radius 3 is 2.48 bits per heavy atom. The van der Waals surface area contributed by atoms with Crippen molar-refractivity contribution < 1.29 is 9.21 Å². The number of hydrogen-bond acceptors (Lipinski definition) is 3. The Bertz CT molecular complexity index is 896. The van der Waals surface area contributed by atoms with E-state index in [9.17, 15) is 9.59 Å². The second-order valence-electron chi connectivity index (χ2n) is 5.05. The summed E-state index contributed by atoms with van der Waals surface area (Å²) in [6.45, 7) is 1.97. The third-order valence-electron chi connectivity index (χ3n) is 3.77. The largest absolute Gasteiger partial charge is 0.458 e. The van der Waals surface area contributed by atoms with Crippen molar-refractivity contribution in [1.29, 1.82) is 0 Å². The first-order chi connectivity index (χ1) is 10.0. The van der Waals surface area contributed by atoms with E-state index in [1.807, 2.05) is 13.0 Å². The van der Waals surface area contributed by atoms with Crippen molar-refractivity contribution in [2.75, 3.05) is 0 Å². The molecule has 0 aliphatic rings. The summed E-state index contributed by atoms with van der Waals surface area (Å²) in [7, 11) is 3.41. The number of benzene rings is 1. The van der Waals surface area contributed by atoms with Crippen molar-refractivity contribution in [2.45, 2.75) is 13.3 Å². The van der Waals surface area contributed by atoms with Gasteiger partial charge in [0.1, 0.15) is 5.76 Å². The Hall–Kier alpha value is -2.56. The molecular weight excluding hydrogens is 268 g/mol. The first-order valence-corrected chi connectivity index (χ1v) is 6.81. The zero-order valence-corrected chi connectivity index (χ0v) is 12.2. The molecule has 0 bridgehead atoms. The van der Waals surface area contributed by atoms with Gasteiger partial charge in [0.05, 0.1) is 11.0 Å². The molecule has 0 unspecified atom stereocenters. The van der Waals surface area contributed by atoms with Crippen LogP contribution in [0.2, 0.25) is 0 Å². The Kier molecular flexibility index (Phi) is 3.05. The number of aromatic nitrogens is 2. The van der Waals surface area contributed by atoms with Crippen molar-refractivity contribution in [3.05, 3.63) is 57.9 Å². The maximum absolute atomic E-state index is 12.4. The number of rotatable bonds is 3. The van der Waals surface area contributed by atoms with E-state index in [1.165, 1.54) is 4.57 Å². The monoisotopic (exact) mass is 284 g/mol. The van der Waals surface area contributed by atoms with Gasteiger partial charge >= 0.3 is 5.69 Å².